The van der Waals surface area contributed by atoms with E-state index >= 15 is 0 Å². The Kier molecular flexibility index (Phi) is 7.69. The van der Waals surface area contributed by atoms with Gasteiger partial charge < -0.3 is 9.47 Å². The molecule has 178 valence electrons. The van der Waals surface area contributed by atoms with Crippen LogP contribution in [0.4, 0.5) is 22.7 Å². The van der Waals surface area contributed by atoms with Crippen molar-refractivity contribution in [3.05, 3.63) is 75.3 Å². The fourth-order valence-electron chi connectivity index (χ4n) is 2.92. The normalized spacial score (nSPS) is 11.4. The summed E-state index contributed by atoms with van der Waals surface area (Å²) in [5.41, 5.74) is 1.31. The number of nitro groups is 1. The number of ether oxygens (including phenoxy) is 2. The lowest BCUT2D eigenvalue weighted by Gasteiger charge is -2.14. The number of azo groups is 1. The van der Waals surface area contributed by atoms with Gasteiger partial charge in [-0.05, 0) is 55.8 Å². The second-order valence-corrected chi connectivity index (χ2v) is 9.03. The Morgan fingerprint density at radius 1 is 1.06 bits per heavy atom. The number of nitrogens with one attached hydrogen (secondary N) is 1. The van der Waals surface area contributed by atoms with E-state index in [0.29, 0.717) is 23.6 Å². The van der Waals surface area contributed by atoms with Gasteiger partial charge in [0.25, 0.3) is 15.7 Å². The molecule has 0 radical (unpaired) electrons. The molecule has 34 heavy (non-hydrogen) atoms. The molecule has 3 aromatic carbocycles. The first-order chi connectivity index (χ1) is 16.1. The largest absolute Gasteiger partial charge is 0.494 e. The molecule has 0 aliphatic carbocycles. The molecule has 3 aromatic rings. The van der Waals surface area contributed by atoms with Crippen molar-refractivity contribution in [2.24, 2.45) is 10.2 Å². The maximum Gasteiger partial charge on any atom is 0.271 e. The molecule has 0 unspecified atom stereocenters. The number of non-ortho nitro benzene ring substituents is 1. The molecule has 0 heterocycles. The zero-order chi connectivity index (χ0) is 24.9. The molecule has 3 rings (SSSR count). The van der Waals surface area contributed by atoms with Crippen molar-refractivity contribution in [2.75, 3.05) is 18.4 Å². The Hall–Kier alpha value is -3.70. The topological polar surface area (TPSA) is 132 Å². The van der Waals surface area contributed by atoms with E-state index in [-0.39, 0.29) is 32.7 Å². The van der Waals surface area contributed by atoms with Crippen LogP contribution in [0.15, 0.2) is 69.7 Å². The highest BCUT2D eigenvalue weighted by Gasteiger charge is 2.18. The van der Waals surface area contributed by atoms with E-state index in [1.807, 2.05) is 6.92 Å². The zero-order valence-corrected chi connectivity index (χ0v) is 20.1. The van der Waals surface area contributed by atoms with Crippen LogP contribution in [0.25, 0.3) is 0 Å². The van der Waals surface area contributed by atoms with Gasteiger partial charge in [-0.3, -0.25) is 14.8 Å². The highest BCUT2D eigenvalue weighted by molar-refractivity contribution is 7.92. The first-order valence-corrected chi connectivity index (χ1v) is 11.8. The van der Waals surface area contributed by atoms with Crippen molar-refractivity contribution in [2.45, 2.75) is 18.7 Å². The standard InChI is InChI=1S/C22H21ClN4O6S/c1-4-33-16-6-8-17(9-7-16)34(30,31)26-21-11-14(2)20(13-22(21)32-3)25-24-19-10-5-15(27(28)29)12-18(19)23/h5-13,26H,4H2,1-3H3. The van der Waals surface area contributed by atoms with Crippen molar-refractivity contribution in [1.29, 1.82) is 0 Å². The lowest BCUT2D eigenvalue weighted by atomic mass is 10.1. The van der Waals surface area contributed by atoms with Crippen molar-refractivity contribution in [3.8, 4) is 11.5 Å². The van der Waals surface area contributed by atoms with Crippen LogP contribution in [-0.4, -0.2) is 27.1 Å². The third-order valence-electron chi connectivity index (χ3n) is 4.61. The van der Waals surface area contributed by atoms with Gasteiger partial charge in [-0.25, -0.2) is 8.42 Å². The van der Waals surface area contributed by atoms with Crippen LogP contribution in [-0.2, 0) is 10.0 Å². The first-order valence-electron chi connectivity index (χ1n) is 9.94. The van der Waals surface area contributed by atoms with Crippen LogP contribution in [0.1, 0.15) is 12.5 Å². The quantitative estimate of drug-likeness (QED) is 0.210. The summed E-state index contributed by atoms with van der Waals surface area (Å²) in [6, 6.07) is 13.0. The van der Waals surface area contributed by atoms with Gasteiger partial charge in [0.1, 0.15) is 17.2 Å². The first kappa shape index (κ1) is 24.9. The molecule has 0 aromatic heterocycles. The average molecular weight is 505 g/mol. The van der Waals surface area contributed by atoms with Gasteiger partial charge in [0, 0.05) is 18.2 Å². The molecule has 0 bridgehead atoms. The third-order valence-corrected chi connectivity index (χ3v) is 6.30. The van der Waals surface area contributed by atoms with Gasteiger partial charge in [0.15, 0.2) is 0 Å². The Bertz CT molecular complexity index is 1340. The second kappa shape index (κ2) is 10.5. The Morgan fingerprint density at radius 3 is 2.32 bits per heavy atom. The molecular weight excluding hydrogens is 484 g/mol. The number of halogens is 1. The Labute approximate surface area is 201 Å². The lowest BCUT2D eigenvalue weighted by molar-refractivity contribution is -0.384. The fraction of sp³-hybridized carbons (Fsp3) is 0.182. The van der Waals surface area contributed by atoms with Gasteiger partial charge in [0.2, 0.25) is 0 Å². The molecule has 0 aliphatic heterocycles. The van der Waals surface area contributed by atoms with Crippen molar-refractivity contribution < 1.29 is 22.8 Å². The van der Waals surface area contributed by atoms with Gasteiger partial charge in [-0.2, -0.15) is 5.11 Å². The van der Waals surface area contributed by atoms with Crippen LogP contribution < -0.4 is 14.2 Å². The number of methoxy groups -OCH3 is 1. The van der Waals surface area contributed by atoms with Crippen molar-refractivity contribution >= 4 is 44.4 Å². The summed E-state index contributed by atoms with van der Waals surface area (Å²) in [6.07, 6.45) is 0. The van der Waals surface area contributed by atoms with Gasteiger partial charge >= 0.3 is 0 Å². The molecule has 0 atom stereocenters. The number of hydrogen-bond acceptors (Lipinski definition) is 8. The van der Waals surface area contributed by atoms with Crippen LogP contribution >= 0.6 is 11.6 Å². The predicted molar refractivity (Wildman–Crippen MR) is 128 cm³/mol. The molecule has 0 saturated heterocycles. The summed E-state index contributed by atoms with van der Waals surface area (Å²) in [7, 11) is -2.50. The molecule has 0 spiro atoms. The average Bonchev–Trinajstić information content (AvgIpc) is 2.79. The highest BCUT2D eigenvalue weighted by Crippen LogP contribution is 2.36. The van der Waals surface area contributed by atoms with Gasteiger partial charge in [-0.1, -0.05) is 11.6 Å². The molecule has 0 fully saturated rings. The summed E-state index contributed by atoms with van der Waals surface area (Å²) < 4.78 is 38.9. The van der Waals surface area contributed by atoms with E-state index in [1.165, 1.54) is 43.5 Å². The monoisotopic (exact) mass is 504 g/mol. The second-order valence-electron chi connectivity index (χ2n) is 6.94. The highest BCUT2D eigenvalue weighted by atomic mass is 35.5. The number of anilines is 1. The SMILES string of the molecule is CCOc1ccc(S(=O)(=O)Nc2cc(C)c(N=Nc3ccc([N+](=O)[O-])cc3Cl)cc2OC)cc1. The van der Waals surface area contributed by atoms with E-state index < -0.39 is 14.9 Å². The lowest BCUT2D eigenvalue weighted by Crippen LogP contribution is -2.13. The smallest absolute Gasteiger partial charge is 0.271 e. The number of hydrogen-bond donors (Lipinski definition) is 1. The summed E-state index contributed by atoms with van der Waals surface area (Å²) in [4.78, 5) is 10.3. The summed E-state index contributed by atoms with van der Waals surface area (Å²) in [5.74, 6) is 0.793. The fourth-order valence-corrected chi connectivity index (χ4v) is 4.19. The van der Waals surface area contributed by atoms with Crippen LogP contribution in [0, 0.1) is 17.0 Å². The van der Waals surface area contributed by atoms with Crippen LogP contribution in [0.3, 0.4) is 0 Å². The number of sulfonamides is 1. The molecule has 0 saturated carbocycles. The zero-order valence-electron chi connectivity index (χ0n) is 18.5. The minimum absolute atomic E-state index is 0.0623. The molecule has 1 N–H and O–H groups in total. The van der Waals surface area contributed by atoms with E-state index in [4.69, 9.17) is 21.1 Å². The molecular formula is C22H21ClN4O6S. The molecule has 0 amide bonds. The number of benzene rings is 3. The Balaban J connectivity index is 1.87. The van der Waals surface area contributed by atoms with Gasteiger partial charge in [-0.15, -0.1) is 5.11 Å². The van der Waals surface area contributed by atoms with E-state index in [0.717, 1.165) is 0 Å². The number of aryl methyl sites for hydroxylation is 1. The predicted octanol–water partition coefficient (Wildman–Crippen LogP) is 6.18. The minimum Gasteiger partial charge on any atom is -0.494 e. The molecule has 10 nitrogen and oxygen atoms in total. The van der Waals surface area contributed by atoms with Crippen molar-refractivity contribution in [3.63, 3.8) is 0 Å². The van der Waals surface area contributed by atoms with Gasteiger partial charge in [0.05, 0.1) is 39.9 Å². The molecule has 12 heteroatoms. The van der Waals surface area contributed by atoms with E-state index in [1.54, 1.807) is 25.1 Å². The van der Waals surface area contributed by atoms with Crippen molar-refractivity contribution in [1.82, 2.24) is 0 Å². The summed E-state index contributed by atoms with van der Waals surface area (Å²) >= 11 is 6.05. The maximum atomic E-state index is 12.8. The summed E-state index contributed by atoms with van der Waals surface area (Å²) in [6.45, 7) is 4.03. The maximum absolute atomic E-state index is 12.8. The van der Waals surface area contributed by atoms with Crippen LogP contribution in [0.2, 0.25) is 5.02 Å². The Morgan fingerprint density at radius 2 is 1.74 bits per heavy atom. The summed E-state index contributed by atoms with van der Waals surface area (Å²) in [5, 5.41) is 19.1. The minimum atomic E-state index is -3.89. The number of rotatable bonds is 9. The van der Waals surface area contributed by atoms with Crippen LogP contribution in [0.5, 0.6) is 11.5 Å². The number of nitrogens with zero attached hydrogens (tertiary/aromatic N) is 3. The molecule has 0 aliphatic rings. The van der Waals surface area contributed by atoms with E-state index in [2.05, 4.69) is 15.0 Å². The number of nitro benzene ring substituents is 1. The van der Waals surface area contributed by atoms with E-state index in [9.17, 15) is 18.5 Å². The third kappa shape index (κ3) is 5.80.